The number of ether oxygens (including phenoxy) is 5. The van der Waals surface area contributed by atoms with Crippen molar-refractivity contribution >= 4 is 66.9 Å². The number of carboxylic acids is 1. The minimum absolute atomic E-state index is 0.00389. The maximum absolute atomic E-state index is 12.8. The Labute approximate surface area is 679 Å². The van der Waals surface area contributed by atoms with E-state index in [1.807, 2.05) is 230 Å². The van der Waals surface area contributed by atoms with Crippen molar-refractivity contribution in [2.45, 2.75) is 160 Å². The fourth-order valence-electron chi connectivity index (χ4n) is 13.4. The highest BCUT2D eigenvalue weighted by molar-refractivity contribution is 9.08. The lowest BCUT2D eigenvalue weighted by Crippen LogP contribution is -2.25. The Hall–Kier alpha value is -10.8. The number of anilines is 1. The number of carboxylic acid groups (broad SMARTS) is 1. The monoisotopic (exact) mass is 1590 g/mol. The molecule has 4 fully saturated rings. The highest BCUT2D eigenvalue weighted by Gasteiger charge is 2.48. The van der Waals surface area contributed by atoms with Crippen LogP contribution in [0.1, 0.15) is 163 Å². The van der Waals surface area contributed by atoms with Gasteiger partial charge in [-0.25, -0.2) is 0 Å². The lowest BCUT2D eigenvalue weighted by atomic mass is 10.0. The number of halogens is 1. The molecular weight excluding hydrogens is 1490 g/mol. The Morgan fingerprint density at radius 3 is 1.04 bits per heavy atom. The van der Waals surface area contributed by atoms with Gasteiger partial charge in [0.2, 0.25) is 0 Å². The van der Waals surface area contributed by atoms with Crippen molar-refractivity contribution < 1.29 is 53.1 Å². The fourth-order valence-corrected chi connectivity index (χ4v) is 13.8. The van der Waals surface area contributed by atoms with Gasteiger partial charge in [0.05, 0.1) is 64.0 Å². The number of carbonyl (C=O) groups is 4. The second kappa shape index (κ2) is 41.3. The maximum Gasteiger partial charge on any atom is 0.310 e. The molecule has 16 rings (SSSR count). The molecular formula is C99H104BrN3O11. The van der Waals surface area contributed by atoms with Gasteiger partial charge in [-0.1, -0.05) is 259 Å². The summed E-state index contributed by atoms with van der Waals surface area (Å²) in [6.45, 7) is 15.0. The van der Waals surface area contributed by atoms with E-state index in [1.54, 1.807) is 12.4 Å². The minimum Gasteiger partial charge on any atom is -0.481 e. The molecule has 0 spiro atoms. The van der Waals surface area contributed by atoms with Gasteiger partial charge in [0.25, 0.3) is 0 Å². The van der Waals surface area contributed by atoms with Crippen molar-refractivity contribution in [2.75, 3.05) is 5.73 Å². The molecule has 0 radical (unpaired) electrons. The van der Waals surface area contributed by atoms with E-state index in [-0.39, 0.29) is 54.1 Å². The number of rotatable bonds is 24. The van der Waals surface area contributed by atoms with E-state index >= 15 is 0 Å². The number of aliphatic hydroxyl groups excluding tert-OH is 1. The molecule has 12 aromatic rings. The van der Waals surface area contributed by atoms with Crippen LogP contribution < -0.4 is 5.73 Å². The molecule has 4 N–H and O–H groups in total. The molecule has 4 aliphatic rings. The molecule has 0 unspecified atom stereocenters. The number of carbonyl (C=O) groups excluding carboxylic acids is 3. The Morgan fingerprint density at radius 1 is 0.377 bits per heavy atom. The summed E-state index contributed by atoms with van der Waals surface area (Å²) in [5.74, 6) is 0.595. The van der Waals surface area contributed by atoms with Gasteiger partial charge in [-0.3, -0.25) is 29.1 Å². The number of alkyl halides is 1. The number of aliphatic carboxylic acids is 1. The number of ketones is 1. The second-order valence-corrected chi connectivity index (χ2v) is 32.1. The number of pyridine rings is 2. The average molecular weight is 1590 g/mol. The number of nitrogen functional groups attached to an aromatic ring is 1. The first-order chi connectivity index (χ1) is 55.1. The molecule has 0 amide bonds. The van der Waals surface area contributed by atoms with Crippen LogP contribution in [-0.2, 0) is 101 Å². The van der Waals surface area contributed by atoms with Crippen LogP contribution in [0, 0.1) is 23.7 Å². The van der Waals surface area contributed by atoms with E-state index in [4.69, 9.17) is 39.6 Å². The van der Waals surface area contributed by atoms with E-state index in [0.717, 1.165) is 103 Å². The van der Waals surface area contributed by atoms with Gasteiger partial charge in [-0.05, 0) is 198 Å². The van der Waals surface area contributed by atoms with Crippen LogP contribution in [0.5, 0.6) is 0 Å². The van der Waals surface area contributed by atoms with Crippen molar-refractivity contribution in [1.29, 1.82) is 0 Å². The van der Waals surface area contributed by atoms with Gasteiger partial charge < -0.3 is 39.6 Å². The number of nitrogens with two attached hydrogens (primary N) is 1. The van der Waals surface area contributed by atoms with Crippen molar-refractivity contribution in [3.8, 4) is 0 Å². The van der Waals surface area contributed by atoms with E-state index in [0.29, 0.717) is 63.7 Å². The third-order valence-electron chi connectivity index (χ3n) is 20.0. The van der Waals surface area contributed by atoms with Crippen molar-refractivity contribution in [2.24, 2.45) is 23.7 Å². The molecule has 0 saturated heterocycles. The Morgan fingerprint density at radius 2 is 0.693 bits per heavy atom. The molecule has 114 heavy (non-hydrogen) atoms. The molecule has 588 valence electrons. The SMILES string of the molecule is BrCc1ccccc1.CC(C)(C)OC(=O)[C@@H]1C[C@H]1c1ccc(CO)cc1.CC(C)(C)OC(=O)[C@@H]1C[C@H]1c1ccc(COCc2ccccc2)cc1.Nc1ccc2cnccc2c1.O=C(Cc1ccc2cnccc2c1)[C@@H]1C[C@H]1c1ccc(COCc2ccccc2)cc1.O=C(O)[C@@H]1C[C@H]1c1ccc(COCc2ccccc2)cc1. The molecule has 14 nitrogen and oxygen atoms in total. The number of esters is 2. The van der Waals surface area contributed by atoms with Gasteiger partial charge in [0, 0.05) is 58.9 Å². The predicted octanol–water partition coefficient (Wildman–Crippen LogP) is 21.3. The molecule has 2 aromatic heterocycles. The first-order valence-corrected chi connectivity index (χ1v) is 40.3. The van der Waals surface area contributed by atoms with Gasteiger partial charge in [0.15, 0.2) is 0 Å². The third kappa shape index (κ3) is 27.2. The molecule has 4 saturated carbocycles. The molecule has 0 aliphatic heterocycles. The lowest BCUT2D eigenvalue weighted by molar-refractivity contribution is -0.157. The summed E-state index contributed by atoms with van der Waals surface area (Å²) in [4.78, 5) is 55.8. The number of benzene rings is 10. The summed E-state index contributed by atoms with van der Waals surface area (Å²) < 4.78 is 28.1. The molecule has 8 atom stereocenters. The van der Waals surface area contributed by atoms with Crippen LogP contribution in [0.3, 0.4) is 0 Å². The van der Waals surface area contributed by atoms with Gasteiger partial charge in [-0.15, -0.1) is 0 Å². The summed E-state index contributed by atoms with van der Waals surface area (Å²) in [5.41, 5.74) is 20.6. The zero-order valence-electron chi connectivity index (χ0n) is 65.9. The first kappa shape index (κ1) is 84.1. The maximum atomic E-state index is 12.8. The van der Waals surface area contributed by atoms with E-state index < -0.39 is 17.2 Å². The van der Waals surface area contributed by atoms with Crippen LogP contribution in [0.15, 0.2) is 292 Å². The molecule has 2 heterocycles. The number of hydrogen-bond donors (Lipinski definition) is 3. The smallest absolute Gasteiger partial charge is 0.310 e. The quantitative estimate of drug-likeness (QED) is 0.0292. The van der Waals surface area contributed by atoms with E-state index in [9.17, 15) is 19.2 Å². The zero-order valence-corrected chi connectivity index (χ0v) is 67.5. The Kier molecular flexibility index (Phi) is 30.5. The van der Waals surface area contributed by atoms with Crippen LogP contribution in [0.2, 0.25) is 0 Å². The van der Waals surface area contributed by atoms with Crippen LogP contribution in [0.25, 0.3) is 21.5 Å². The number of aliphatic hydroxyl groups is 1. The summed E-state index contributed by atoms with van der Waals surface area (Å²) in [6, 6.07) is 89.5. The first-order valence-electron chi connectivity index (χ1n) is 39.2. The molecule has 4 aliphatic carbocycles. The normalized spacial score (nSPS) is 18.0. The van der Waals surface area contributed by atoms with Crippen LogP contribution in [-0.4, -0.2) is 55.1 Å². The summed E-state index contributed by atoms with van der Waals surface area (Å²) in [5, 5.41) is 23.4. The molecule has 0 bridgehead atoms. The van der Waals surface area contributed by atoms with E-state index in [1.165, 1.54) is 27.8 Å². The summed E-state index contributed by atoms with van der Waals surface area (Å²) in [6.07, 6.45) is 11.2. The summed E-state index contributed by atoms with van der Waals surface area (Å²) >= 11 is 3.36. The number of aromatic nitrogens is 2. The van der Waals surface area contributed by atoms with Gasteiger partial charge in [0.1, 0.15) is 17.0 Å². The standard InChI is InChI=1S/C28H25NO2.C22H26O3.C18H18O3.C15H20O3.C9H8N2.C7H7Br/c30-28(15-22-8-11-25-17-29-13-12-24(25)14-22)27-16-26(27)23-9-6-21(7-10-23)19-31-18-20-4-2-1-3-5-20;1-22(2,3)25-21(23)20-13-19(20)18-11-9-17(10-12-18)15-24-14-16-7-5-4-6-8-16;19-18(20)17-10-16(17)15-8-6-14(7-9-15)12-21-11-13-4-2-1-3-5-13;1-15(2,3)18-14(17)13-8-12(13)11-6-4-10(9-16)5-7-11;10-9-2-1-8-6-11-4-3-7(8)5-9;8-6-7-4-2-1-3-5-7/h1-14,17,26-27H,15-16,18-19H2;4-12,19-20H,13-15H2,1-3H3;1-9,16-17H,10-12H2,(H,19,20);4-7,12-13,16H,8-9H2,1-3H3;1-6H,10H2;1-5H,6H2/t26-,27+;19-,20+;16-,17+;12-,13+;;/m0000../s1. The summed E-state index contributed by atoms with van der Waals surface area (Å²) in [7, 11) is 0. The number of fused-ring (bicyclic) bond motifs is 2. The highest BCUT2D eigenvalue weighted by atomic mass is 79.9. The zero-order chi connectivity index (χ0) is 80.4. The van der Waals surface area contributed by atoms with Crippen LogP contribution in [0.4, 0.5) is 5.69 Å². The van der Waals surface area contributed by atoms with Gasteiger partial charge in [-0.2, -0.15) is 0 Å². The van der Waals surface area contributed by atoms with Crippen molar-refractivity contribution in [3.63, 3.8) is 0 Å². The number of Topliss-reactive ketones (excluding diaryl/α,β-unsaturated/α-hetero) is 1. The van der Waals surface area contributed by atoms with Crippen LogP contribution >= 0.6 is 15.9 Å². The highest BCUT2D eigenvalue weighted by Crippen LogP contribution is 2.51. The van der Waals surface area contributed by atoms with Gasteiger partial charge >= 0.3 is 17.9 Å². The van der Waals surface area contributed by atoms with Crippen molar-refractivity contribution in [1.82, 2.24) is 9.97 Å². The van der Waals surface area contributed by atoms with E-state index in [2.05, 4.69) is 117 Å². The number of hydrogen-bond acceptors (Lipinski definition) is 13. The van der Waals surface area contributed by atoms with Crippen molar-refractivity contribution in [3.05, 3.63) is 364 Å². The molecule has 10 aromatic carbocycles. The number of nitrogens with zero attached hydrogens (tertiary/aromatic N) is 2. The minimum atomic E-state index is -0.685. The topological polar surface area (TPSA) is 207 Å². The predicted molar refractivity (Wildman–Crippen MR) is 455 cm³/mol. The fraction of sp³-hybridized carbons (Fsp3) is 0.293. The average Bonchev–Trinajstić information content (AvgIpc) is 1.65. The largest absolute Gasteiger partial charge is 0.481 e. The Balaban J connectivity index is 0.000000141. The third-order valence-corrected chi connectivity index (χ3v) is 20.7. The Bertz CT molecular complexity index is 5000. The second-order valence-electron chi connectivity index (χ2n) is 31.6. The lowest BCUT2D eigenvalue weighted by Gasteiger charge is -2.19. The molecule has 15 heteroatoms.